The molecule has 1 aromatic carbocycles. The summed E-state index contributed by atoms with van der Waals surface area (Å²) in [6, 6.07) is 5.79. The van der Waals surface area contributed by atoms with Crippen molar-refractivity contribution in [1.82, 2.24) is 4.90 Å². The van der Waals surface area contributed by atoms with Crippen molar-refractivity contribution in [3.05, 3.63) is 29.8 Å². The molecule has 0 atom stereocenters. The number of hydrogen-bond acceptors (Lipinski definition) is 4. The third kappa shape index (κ3) is 3.54. The lowest BCUT2D eigenvalue weighted by Crippen LogP contribution is -2.33. The number of sulfone groups is 1. The van der Waals surface area contributed by atoms with Gasteiger partial charge in [-0.15, -0.1) is 0 Å². The van der Waals surface area contributed by atoms with E-state index in [1.807, 2.05) is 6.92 Å². The van der Waals surface area contributed by atoms with Crippen LogP contribution in [0, 0.1) is 0 Å². The fourth-order valence-electron chi connectivity index (χ4n) is 1.55. The molecule has 0 saturated carbocycles. The standard InChI is InChI=1S/C12H17NO4S/c1-3-13(8-9-14)12(15)10-4-6-11(7-5-10)18(2,16)17/h4-7,14H,3,8-9H2,1-2H3. The molecule has 0 aliphatic carbocycles. The molecule has 0 heterocycles. The van der Waals surface area contributed by atoms with E-state index in [0.717, 1.165) is 6.26 Å². The molecular weight excluding hydrogens is 254 g/mol. The van der Waals surface area contributed by atoms with E-state index in [0.29, 0.717) is 12.1 Å². The second-order valence-corrected chi connectivity index (χ2v) is 5.92. The molecule has 0 aliphatic rings. The minimum absolute atomic E-state index is 0.0962. The molecule has 0 bridgehead atoms. The van der Waals surface area contributed by atoms with Crippen molar-refractivity contribution in [2.75, 3.05) is 26.0 Å². The van der Waals surface area contributed by atoms with Crippen molar-refractivity contribution in [2.45, 2.75) is 11.8 Å². The van der Waals surface area contributed by atoms with Crippen molar-refractivity contribution in [3.8, 4) is 0 Å². The van der Waals surface area contributed by atoms with Crippen LogP contribution in [0.15, 0.2) is 29.2 Å². The highest BCUT2D eigenvalue weighted by Gasteiger charge is 2.14. The molecule has 0 aromatic heterocycles. The summed E-state index contributed by atoms with van der Waals surface area (Å²) in [6.45, 7) is 2.48. The van der Waals surface area contributed by atoms with Gasteiger partial charge in [-0.05, 0) is 31.2 Å². The molecule has 0 spiro atoms. The number of likely N-dealkylation sites (N-methyl/N-ethyl adjacent to an activating group) is 1. The third-order valence-electron chi connectivity index (χ3n) is 2.57. The Hall–Kier alpha value is -1.40. The Bertz CT molecular complexity index is 507. The van der Waals surface area contributed by atoms with Crippen LogP contribution in [0.25, 0.3) is 0 Å². The minimum Gasteiger partial charge on any atom is -0.395 e. The lowest BCUT2D eigenvalue weighted by Gasteiger charge is -2.19. The highest BCUT2D eigenvalue weighted by molar-refractivity contribution is 7.90. The zero-order valence-corrected chi connectivity index (χ0v) is 11.3. The lowest BCUT2D eigenvalue weighted by molar-refractivity contribution is 0.0732. The van der Waals surface area contributed by atoms with Crippen molar-refractivity contribution in [1.29, 1.82) is 0 Å². The molecule has 6 heteroatoms. The molecule has 0 fully saturated rings. The van der Waals surface area contributed by atoms with Gasteiger partial charge in [0.1, 0.15) is 0 Å². The van der Waals surface area contributed by atoms with Gasteiger partial charge in [0.15, 0.2) is 9.84 Å². The highest BCUT2D eigenvalue weighted by atomic mass is 32.2. The molecule has 18 heavy (non-hydrogen) atoms. The molecule has 0 aliphatic heterocycles. The van der Waals surface area contributed by atoms with Crippen molar-refractivity contribution in [2.24, 2.45) is 0 Å². The smallest absolute Gasteiger partial charge is 0.253 e. The maximum atomic E-state index is 12.0. The molecule has 1 amide bonds. The summed E-state index contributed by atoms with van der Waals surface area (Å²) in [5.74, 6) is -0.216. The number of benzene rings is 1. The largest absolute Gasteiger partial charge is 0.395 e. The van der Waals surface area contributed by atoms with Gasteiger partial charge in [-0.1, -0.05) is 0 Å². The van der Waals surface area contributed by atoms with Crippen LogP contribution in [-0.4, -0.2) is 50.3 Å². The van der Waals surface area contributed by atoms with Crippen LogP contribution in [-0.2, 0) is 9.84 Å². The van der Waals surface area contributed by atoms with Crippen LogP contribution in [0.3, 0.4) is 0 Å². The number of aliphatic hydroxyl groups excluding tert-OH is 1. The minimum atomic E-state index is -3.25. The first-order valence-electron chi connectivity index (χ1n) is 5.60. The van der Waals surface area contributed by atoms with Gasteiger partial charge < -0.3 is 10.0 Å². The summed E-state index contributed by atoms with van der Waals surface area (Å²) in [7, 11) is -3.25. The first kappa shape index (κ1) is 14.7. The number of hydrogen-bond donors (Lipinski definition) is 1. The van der Waals surface area contributed by atoms with Crippen LogP contribution in [0.1, 0.15) is 17.3 Å². The summed E-state index contributed by atoms with van der Waals surface area (Å²) >= 11 is 0. The number of aliphatic hydroxyl groups is 1. The summed E-state index contributed by atoms with van der Waals surface area (Å²) in [4.78, 5) is 13.7. The van der Waals surface area contributed by atoms with E-state index < -0.39 is 9.84 Å². The lowest BCUT2D eigenvalue weighted by atomic mass is 10.2. The Morgan fingerprint density at radius 2 is 1.83 bits per heavy atom. The van der Waals surface area contributed by atoms with Crippen LogP contribution in [0.2, 0.25) is 0 Å². The Kier molecular flexibility index (Phi) is 4.86. The molecule has 1 rings (SSSR count). The second kappa shape index (κ2) is 5.97. The summed E-state index contributed by atoms with van der Waals surface area (Å²) < 4.78 is 22.6. The predicted molar refractivity (Wildman–Crippen MR) is 68.2 cm³/mol. The average Bonchev–Trinajstić information content (AvgIpc) is 2.34. The number of rotatable bonds is 5. The topological polar surface area (TPSA) is 74.7 Å². The molecule has 1 N–H and O–H groups in total. The van der Waals surface area contributed by atoms with Gasteiger partial charge in [-0.25, -0.2) is 8.42 Å². The summed E-state index contributed by atoms with van der Waals surface area (Å²) in [5, 5.41) is 8.84. The second-order valence-electron chi connectivity index (χ2n) is 3.90. The quantitative estimate of drug-likeness (QED) is 0.848. The van der Waals surface area contributed by atoms with Gasteiger partial charge in [0, 0.05) is 24.9 Å². The van der Waals surface area contributed by atoms with Gasteiger partial charge >= 0.3 is 0 Å². The zero-order chi connectivity index (χ0) is 13.8. The monoisotopic (exact) mass is 271 g/mol. The number of nitrogens with zero attached hydrogens (tertiary/aromatic N) is 1. The molecule has 0 unspecified atom stereocenters. The van der Waals surface area contributed by atoms with Gasteiger partial charge in [0.05, 0.1) is 11.5 Å². The van der Waals surface area contributed by atoms with Crippen molar-refractivity contribution < 1.29 is 18.3 Å². The first-order valence-corrected chi connectivity index (χ1v) is 7.49. The molecule has 100 valence electrons. The first-order chi connectivity index (χ1) is 8.40. The Morgan fingerprint density at radius 1 is 1.28 bits per heavy atom. The zero-order valence-electron chi connectivity index (χ0n) is 10.5. The highest BCUT2D eigenvalue weighted by Crippen LogP contribution is 2.12. The van der Waals surface area contributed by atoms with Crippen LogP contribution >= 0.6 is 0 Å². The molecule has 0 radical (unpaired) electrons. The van der Waals surface area contributed by atoms with E-state index in [4.69, 9.17) is 5.11 Å². The van der Waals surface area contributed by atoms with E-state index in [1.165, 1.54) is 29.2 Å². The summed E-state index contributed by atoms with van der Waals surface area (Å²) in [5.41, 5.74) is 0.415. The van der Waals surface area contributed by atoms with Crippen molar-refractivity contribution in [3.63, 3.8) is 0 Å². The van der Waals surface area contributed by atoms with E-state index in [-0.39, 0.29) is 24.0 Å². The van der Waals surface area contributed by atoms with Gasteiger partial charge in [-0.3, -0.25) is 4.79 Å². The Morgan fingerprint density at radius 3 is 2.22 bits per heavy atom. The SMILES string of the molecule is CCN(CCO)C(=O)c1ccc(S(C)(=O)=O)cc1. The fourth-order valence-corrected chi connectivity index (χ4v) is 2.18. The van der Waals surface area contributed by atoms with Crippen LogP contribution in [0.5, 0.6) is 0 Å². The van der Waals surface area contributed by atoms with Crippen LogP contribution < -0.4 is 0 Å². The molecule has 1 aromatic rings. The van der Waals surface area contributed by atoms with Crippen molar-refractivity contribution >= 4 is 15.7 Å². The Labute approximate surface area is 107 Å². The van der Waals surface area contributed by atoms with Gasteiger partial charge in [-0.2, -0.15) is 0 Å². The van der Waals surface area contributed by atoms with Crippen LogP contribution in [0.4, 0.5) is 0 Å². The van der Waals surface area contributed by atoms with E-state index in [9.17, 15) is 13.2 Å². The normalized spacial score (nSPS) is 11.3. The van der Waals surface area contributed by atoms with E-state index in [1.54, 1.807) is 0 Å². The van der Waals surface area contributed by atoms with E-state index in [2.05, 4.69) is 0 Å². The predicted octanol–water partition coefficient (Wildman–Crippen LogP) is 0.544. The van der Waals surface area contributed by atoms with Gasteiger partial charge in [0.25, 0.3) is 5.91 Å². The summed E-state index contributed by atoms with van der Waals surface area (Å²) in [6.07, 6.45) is 1.12. The number of carbonyl (C=O) groups is 1. The Balaban J connectivity index is 2.95. The third-order valence-corrected chi connectivity index (χ3v) is 3.70. The molecule has 0 saturated heterocycles. The average molecular weight is 271 g/mol. The fraction of sp³-hybridized carbons (Fsp3) is 0.417. The molecular formula is C12H17NO4S. The maximum absolute atomic E-state index is 12.0. The maximum Gasteiger partial charge on any atom is 0.253 e. The number of carbonyl (C=O) groups excluding carboxylic acids is 1. The van der Waals surface area contributed by atoms with Gasteiger partial charge in [0.2, 0.25) is 0 Å². The number of amides is 1. The van der Waals surface area contributed by atoms with E-state index >= 15 is 0 Å². The molecule has 5 nitrogen and oxygen atoms in total.